The zero-order chi connectivity index (χ0) is 26.7. The summed E-state index contributed by atoms with van der Waals surface area (Å²) in [6.07, 6.45) is -0.811. The van der Waals surface area contributed by atoms with Gasteiger partial charge < -0.3 is 51.3 Å². The van der Waals surface area contributed by atoms with Crippen LogP contribution in [0, 0.1) is 0 Å². The van der Waals surface area contributed by atoms with E-state index in [0.717, 1.165) is 0 Å². The van der Waals surface area contributed by atoms with E-state index in [9.17, 15) is 15.3 Å². The fraction of sp³-hybridized carbons (Fsp3) is 1.00. The summed E-state index contributed by atoms with van der Waals surface area (Å²) in [5, 5.41) is 30.6. The van der Waals surface area contributed by atoms with Crippen LogP contribution in [0.25, 0.3) is 0 Å². The average Bonchev–Trinajstić information content (AvgIpc) is 2.84. The molecule has 0 aromatic carbocycles. The lowest BCUT2D eigenvalue weighted by molar-refractivity contribution is -0.0190. The van der Waals surface area contributed by atoms with Gasteiger partial charge in [-0.2, -0.15) is 0 Å². The second-order valence-corrected chi connectivity index (χ2v) is 14.5. The molecule has 0 spiro atoms. The zero-order valence-corrected chi connectivity index (χ0v) is 24.6. The van der Waals surface area contributed by atoms with Gasteiger partial charge in [-0.05, 0) is 34.7 Å². The van der Waals surface area contributed by atoms with Crippen molar-refractivity contribution in [3.8, 4) is 0 Å². The van der Waals surface area contributed by atoms with E-state index in [1.165, 1.54) is 0 Å². The first-order valence-corrected chi connectivity index (χ1v) is 15.7. The van der Waals surface area contributed by atoms with E-state index >= 15 is 0 Å². The molecular weight excluding hydrogens is 498 g/mol. The predicted octanol–water partition coefficient (Wildman–Crippen LogP) is -0.0394. The maximum absolute atomic E-state index is 10.4. The molecule has 14 heteroatoms. The van der Waals surface area contributed by atoms with Gasteiger partial charge in [0.1, 0.15) is 0 Å². The SMILES string of the molecule is CO[Si](CCCOCC(O)CN(CC(C)O)CC(O)COCCC[Si-](OC)(OC)OC)(OC)OC. The second-order valence-electron chi connectivity index (χ2n) is 8.32. The number of aliphatic hydroxyl groups is 3. The van der Waals surface area contributed by atoms with Gasteiger partial charge in [0, 0.05) is 60.2 Å². The lowest BCUT2D eigenvalue weighted by atomic mass is 10.2. The Balaban J connectivity index is 4.32. The van der Waals surface area contributed by atoms with Crippen LogP contribution >= 0.6 is 0 Å². The van der Waals surface area contributed by atoms with E-state index in [4.69, 9.17) is 36.0 Å². The second kappa shape index (κ2) is 20.0. The number of rotatable bonds is 24. The Morgan fingerprint density at radius 2 is 1.17 bits per heavy atom. The van der Waals surface area contributed by atoms with Crippen molar-refractivity contribution in [1.29, 1.82) is 0 Å². The Hall–Kier alpha value is -0.0462. The van der Waals surface area contributed by atoms with Gasteiger partial charge in [0.25, 0.3) is 8.80 Å². The Bertz CT molecular complexity index is 445. The summed E-state index contributed by atoms with van der Waals surface area (Å²) >= 11 is 0. The minimum atomic E-state index is -2.62. The van der Waals surface area contributed by atoms with Crippen molar-refractivity contribution in [2.45, 2.75) is 50.2 Å². The highest BCUT2D eigenvalue weighted by atomic mass is 28.4. The molecule has 0 saturated heterocycles. The van der Waals surface area contributed by atoms with E-state index in [2.05, 4.69) is 0 Å². The minimum absolute atomic E-state index is 0.133. The minimum Gasteiger partial charge on any atom is -0.527 e. The van der Waals surface area contributed by atoms with Crippen molar-refractivity contribution in [3.63, 3.8) is 0 Å². The molecule has 3 N–H and O–H groups in total. The molecule has 0 aromatic heterocycles. The van der Waals surface area contributed by atoms with Gasteiger partial charge in [-0.1, -0.05) is 12.5 Å². The first-order chi connectivity index (χ1) is 16.6. The Morgan fingerprint density at radius 3 is 1.57 bits per heavy atom. The van der Waals surface area contributed by atoms with E-state index in [-0.39, 0.29) is 26.3 Å². The van der Waals surface area contributed by atoms with Crippen LogP contribution < -0.4 is 0 Å². The third-order valence-corrected chi connectivity index (χ3v) is 11.2. The molecule has 0 fully saturated rings. The summed E-state index contributed by atoms with van der Waals surface area (Å²) in [6.45, 7) is 3.58. The van der Waals surface area contributed by atoms with Crippen LogP contribution in [-0.2, 0) is 36.0 Å². The average molecular weight is 548 g/mol. The Kier molecular flexibility index (Phi) is 20.0. The lowest BCUT2D eigenvalue weighted by Crippen LogP contribution is -2.44. The van der Waals surface area contributed by atoms with E-state index in [1.54, 1.807) is 54.5 Å². The normalized spacial score (nSPS) is 15.5. The number of hydrogen-bond acceptors (Lipinski definition) is 12. The van der Waals surface area contributed by atoms with Crippen LogP contribution in [0.1, 0.15) is 19.8 Å². The molecule has 213 valence electrons. The molecule has 0 rings (SSSR count). The topological polar surface area (TPSA) is 138 Å². The van der Waals surface area contributed by atoms with Crippen molar-refractivity contribution in [2.24, 2.45) is 0 Å². The van der Waals surface area contributed by atoms with Crippen LogP contribution in [0.2, 0.25) is 12.1 Å². The van der Waals surface area contributed by atoms with Crippen molar-refractivity contribution in [1.82, 2.24) is 4.90 Å². The van der Waals surface area contributed by atoms with Crippen molar-refractivity contribution >= 4 is 17.6 Å². The molecule has 0 aliphatic carbocycles. The molecule has 0 amide bonds. The summed E-state index contributed by atoms with van der Waals surface area (Å²) in [5.74, 6) is 0. The molecule has 0 bridgehead atoms. The molecule has 0 aliphatic rings. The largest absolute Gasteiger partial charge is 0.527 e. The van der Waals surface area contributed by atoms with Crippen LogP contribution in [0.5, 0.6) is 0 Å². The van der Waals surface area contributed by atoms with Gasteiger partial charge in [0.2, 0.25) is 0 Å². The Labute approximate surface area is 213 Å². The van der Waals surface area contributed by atoms with E-state index < -0.39 is 35.9 Å². The zero-order valence-electron chi connectivity index (χ0n) is 22.6. The van der Waals surface area contributed by atoms with Crippen LogP contribution in [0.3, 0.4) is 0 Å². The van der Waals surface area contributed by atoms with Gasteiger partial charge in [-0.3, -0.25) is 4.90 Å². The third kappa shape index (κ3) is 15.1. The molecule has 0 aliphatic heterocycles. The fourth-order valence-electron chi connectivity index (χ4n) is 3.63. The molecule has 3 atom stereocenters. The van der Waals surface area contributed by atoms with Crippen molar-refractivity contribution in [3.05, 3.63) is 0 Å². The molecular formula is C21H49NO11Si2-. The van der Waals surface area contributed by atoms with Crippen molar-refractivity contribution in [2.75, 3.05) is 88.7 Å². The summed E-state index contributed by atoms with van der Waals surface area (Å²) in [6, 6.07) is 1.22. The maximum Gasteiger partial charge on any atom is 0.500 e. The van der Waals surface area contributed by atoms with Gasteiger partial charge in [-0.25, -0.2) is 0 Å². The van der Waals surface area contributed by atoms with Gasteiger partial charge in [0.15, 0.2) is 0 Å². The summed E-state index contributed by atoms with van der Waals surface area (Å²) in [5.41, 5.74) is 0. The predicted molar refractivity (Wildman–Crippen MR) is 134 cm³/mol. The van der Waals surface area contributed by atoms with Crippen LogP contribution in [-0.4, -0.2) is 145 Å². The van der Waals surface area contributed by atoms with Crippen LogP contribution in [0.4, 0.5) is 0 Å². The lowest BCUT2D eigenvalue weighted by Gasteiger charge is -2.38. The standard InChI is InChI=1S/C21H49NO11Si2/c1-19(23)14-22(15-20(24)17-32-10-8-12-34(26-2,27-3)28-4)16-21(25)18-33-11-9-13-35(29-5,30-6)31-7/h19-21,23-25H,8-18H2,1-7H3/q-1. The molecule has 0 saturated carbocycles. The molecule has 35 heavy (non-hydrogen) atoms. The highest BCUT2D eigenvalue weighted by molar-refractivity contribution is 6.60. The molecule has 0 heterocycles. The first kappa shape index (κ1) is 35.0. The van der Waals surface area contributed by atoms with Crippen LogP contribution in [0.15, 0.2) is 0 Å². The smallest absolute Gasteiger partial charge is 0.500 e. The van der Waals surface area contributed by atoms with E-state index in [1.807, 2.05) is 0 Å². The Morgan fingerprint density at radius 1 is 0.714 bits per heavy atom. The number of hydrogen-bond donors (Lipinski definition) is 3. The van der Waals surface area contributed by atoms with Crippen molar-refractivity contribution < 1.29 is 51.3 Å². The maximum atomic E-state index is 10.4. The monoisotopic (exact) mass is 547 g/mol. The van der Waals surface area contributed by atoms with Gasteiger partial charge >= 0.3 is 8.80 Å². The fourth-order valence-corrected chi connectivity index (χ4v) is 7.01. The van der Waals surface area contributed by atoms with E-state index in [0.29, 0.717) is 44.7 Å². The summed E-state index contributed by atoms with van der Waals surface area (Å²) in [4.78, 5) is 1.80. The molecule has 0 aromatic rings. The molecule has 3 unspecified atom stereocenters. The highest BCUT2D eigenvalue weighted by Gasteiger charge is 2.36. The number of ether oxygens (including phenoxy) is 2. The highest BCUT2D eigenvalue weighted by Crippen LogP contribution is 2.16. The molecule has 0 radical (unpaired) electrons. The number of nitrogens with zero attached hydrogens (tertiary/aromatic N) is 1. The third-order valence-electron chi connectivity index (χ3n) is 5.49. The quantitative estimate of drug-likeness (QED) is 0.110. The summed E-state index contributed by atoms with van der Waals surface area (Å²) in [7, 11) is 4.14. The van der Waals surface area contributed by atoms with Gasteiger partial charge in [-0.15, -0.1) is 0 Å². The summed E-state index contributed by atoms with van der Waals surface area (Å²) < 4.78 is 43.4. The van der Waals surface area contributed by atoms with Gasteiger partial charge in [0.05, 0.1) is 31.5 Å². The number of aliphatic hydroxyl groups excluding tert-OH is 3. The first-order valence-electron chi connectivity index (χ1n) is 11.9. The molecule has 12 nitrogen and oxygen atoms in total.